The summed E-state index contributed by atoms with van der Waals surface area (Å²) in [5.74, 6) is -0.0958. The Balaban J connectivity index is 1.36. The highest BCUT2D eigenvalue weighted by atomic mass is 35.5. The number of hydrogen-bond acceptors (Lipinski definition) is 3. The average Bonchev–Trinajstić information content (AvgIpc) is 3.15. The molecule has 0 aliphatic carbocycles. The summed E-state index contributed by atoms with van der Waals surface area (Å²) in [6.07, 6.45) is 2.17. The summed E-state index contributed by atoms with van der Waals surface area (Å²) in [4.78, 5) is 19.6. The minimum atomic E-state index is -0.234. The predicted octanol–water partition coefficient (Wildman–Crippen LogP) is 4.36. The summed E-state index contributed by atoms with van der Waals surface area (Å²) < 4.78 is 13.5. The number of rotatable bonds is 5. The maximum Gasteiger partial charge on any atom is 0.228 e. The van der Waals surface area contributed by atoms with Gasteiger partial charge >= 0.3 is 0 Å². The van der Waals surface area contributed by atoms with Gasteiger partial charge in [-0.15, -0.1) is 0 Å². The lowest BCUT2D eigenvalue weighted by Crippen LogP contribution is -2.51. The van der Waals surface area contributed by atoms with E-state index in [1.165, 1.54) is 6.07 Å². The van der Waals surface area contributed by atoms with E-state index in [-0.39, 0.29) is 17.8 Å². The summed E-state index contributed by atoms with van der Waals surface area (Å²) in [5.41, 5.74) is 2.96. The lowest BCUT2D eigenvalue weighted by molar-refractivity contribution is -0.119. The van der Waals surface area contributed by atoms with Crippen molar-refractivity contribution < 1.29 is 9.18 Å². The molecule has 0 spiro atoms. The van der Waals surface area contributed by atoms with Crippen molar-refractivity contribution >= 4 is 28.9 Å². The van der Waals surface area contributed by atoms with E-state index in [2.05, 4.69) is 22.8 Å². The zero-order valence-electron chi connectivity index (χ0n) is 16.8. The number of halogens is 2. The molecule has 0 saturated carbocycles. The van der Waals surface area contributed by atoms with Crippen molar-refractivity contribution in [1.29, 1.82) is 0 Å². The maximum absolute atomic E-state index is 13.5. The molecule has 2 aliphatic rings. The Labute approximate surface area is 176 Å². The van der Waals surface area contributed by atoms with Crippen LogP contribution in [0, 0.1) is 5.82 Å². The van der Waals surface area contributed by atoms with E-state index in [9.17, 15) is 9.18 Å². The van der Waals surface area contributed by atoms with Crippen LogP contribution in [0.25, 0.3) is 0 Å². The van der Waals surface area contributed by atoms with Gasteiger partial charge in [0, 0.05) is 61.6 Å². The van der Waals surface area contributed by atoms with Crippen LogP contribution in [-0.2, 0) is 11.2 Å². The predicted molar refractivity (Wildman–Crippen MR) is 116 cm³/mol. The molecule has 1 unspecified atom stereocenters. The fraction of sp³-hybridized carbons (Fsp3) is 0.435. The number of carbonyl (C=O) groups is 1. The Hall–Kier alpha value is -2.11. The molecule has 1 fully saturated rings. The van der Waals surface area contributed by atoms with Crippen molar-refractivity contribution in [2.75, 3.05) is 42.5 Å². The van der Waals surface area contributed by atoms with Crippen LogP contribution in [0.4, 0.5) is 15.8 Å². The van der Waals surface area contributed by atoms with Gasteiger partial charge in [-0.25, -0.2) is 4.39 Å². The molecule has 1 saturated heterocycles. The number of piperazine rings is 1. The monoisotopic (exact) mass is 415 g/mol. The van der Waals surface area contributed by atoms with Gasteiger partial charge in [-0.3, -0.25) is 9.69 Å². The molecule has 0 aromatic heterocycles. The van der Waals surface area contributed by atoms with Crippen molar-refractivity contribution in [3.63, 3.8) is 0 Å². The zero-order valence-corrected chi connectivity index (χ0v) is 17.5. The summed E-state index contributed by atoms with van der Waals surface area (Å²) in [5, 5.41) is 0.757. The van der Waals surface area contributed by atoms with Crippen LogP contribution in [0.3, 0.4) is 0 Å². The molecule has 2 aromatic carbocycles. The Morgan fingerprint density at radius 3 is 2.62 bits per heavy atom. The van der Waals surface area contributed by atoms with Crippen molar-refractivity contribution in [3.8, 4) is 0 Å². The van der Waals surface area contributed by atoms with Gasteiger partial charge in [0.05, 0.1) is 0 Å². The first-order valence-corrected chi connectivity index (χ1v) is 10.8. The summed E-state index contributed by atoms with van der Waals surface area (Å²) in [6.45, 7) is 6.51. The van der Waals surface area contributed by atoms with E-state index in [1.54, 1.807) is 12.1 Å². The molecule has 0 radical (unpaired) electrons. The van der Waals surface area contributed by atoms with Crippen LogP contribution >= 0.6 is 11.6 Å². The molecule has 0 bridgehead atoms. The molecule has 4 rings (SSSR count). The van der Waals surface area contributed by atoms with E-state index in [0.717, 1.165) is 61.0 Å². The summed E-state index contributed by atoms with van der Waals surface area (Å²) >= 11 is 6.13. The Morgan fingerprint density at radius 1 is 1.10 bits per heavy atom. The molecule has 154 valence electrons. The van der Waals surface area contributed by atoms with Crippen LogP contribution in [0.2, 0.25) is 5.02 Å². The molecular weight excluding hydrogens is 389 g/mol. The highest BCUT2D eigenvalue weighted by molar-refractivity contribution is 6.30. The van der Waals surface area contributed by atoms with Gasteiger partial charge in [0.15, 0.2) is 0 Å². The van der Waals surface area contributed by atoms with Crippen LogP contribution in [-0.4, -0.2) is 49.6 Å². The number of benzene rings is 2. The first kappa shape index (κ1) is 20.2. The first-order valence-electron chi connectivity index (χ1n) is 10.4. The number of amides is 1. The molecule has 6 heteroatoms. The van der Waals surface area contributed by atoms with E-state index in [4.69, 9.17) is 11.6 Å². The lowest BCUT2D eigenvalue weighted by atomic mass is 10.1. The zero-order chi connectivity index (χ0) is 20.4. The van der Waals surface area contributed by atoms with Crippen molar-refractivity contribution in [3.05, 3.63) is 58.9 Å². The smallest absolute Gasteiger partial charge is 0.228 e. The second kappa shape index (κ2) is 8.72. The lowest BCUT2D eigenvalue weighted by Gasteiger charge is -2.40. The third-order valence-electron chi connectivity index (χ3n) is 6.12. The normalized spacial score (nSPS) is 18.0. The summed E-state index contributed by atoms with van der Waals surface area (Å²) in [6, 6.07) is 12.9. The number of anilines is 2. The fourth-order valence-electron chi connectivity index (χ4n) is 4.49. The highest BCUT2D eigenvalue weighted by Crippen LogP contribution is 2.30. The number of fused-ring (bicyclic) bond motifs is 1. The van der Waals surface area contributed by atoms with E-state index >= 15 is 0 Å². The van der Waals surface area contributed by atoms with Gasteiger partial charge in [-0.2, -0.15) is 0 Å². The SMILES string of the molecule is CCC(CC(=O)N1CCc2cc(F)ccc21)N1CCN(c2cccc(Cl)c2)CC1. The second-order valence-electron chi connectivity index (χ2n) is 7.84. The Morgan fingerprint density at radius 2 is 1.90 bits per heavy atom. The van der Waals surface area contributed by atoms with Crippen LogP contribution < -0.4 is 9.80 Å². The molecule has 1 amide bonds. The van der Waals surface area contributed by atoms with Crippen molar-refractivity contribution in [2.45, 2.75) is 32.2 Å². The van der Waals surface area contributed by atoms with E-state index < -0.39 is 0 Å². The third kappa shape index (κ3) is 4.41. The number of carbonyl (C=O) groups excluding carboxylic acids is 1. The molecular formula is C23H27ClFN3O. The highest BCUT2D eigenvalue weighted by Gasteiger charge is 2.30. The molecule has 0 N–H and O–H groups in total. The Bertz CT molecular complexity index is 882. The Kier molecular flexibility index (Phi) is 6.07. The van der Waals surface area contributed by atoms with Crippen LogP contribution in [0.1, 0.15) is 25.3 Å². The number of nitrogens with zero attached hydrogens (tertiary/aromatic N) is 3. The molecule has 1 atom stereocenters. The molecule has 2 heterocycles. The average molecular weight is 416 g/mol. The largest absolute Gasteiger partial charge is 0.369 e. The summed E-state index contributed by atoms with van der Waals surface area (Å²) in [7, 11) is 0. The topological polar surface area (TPSA) is 26.8 Å². The van der Waals surface area contributed by atoms with Gasteiger partial charge < -0.3 is 9.80 Å². The number of hydrogen-bond donors (Lipinski definition) is 0. The maximum atomic E-state index is 13.5. The van der Waals surface area contributed by atoms with Gasteiger partial charge in [-0.1, -0.05) is 24.6 Å². The molecule has 4 nitrogen and oxygen atoms in total. The van der Waals surface area contributed by atoms with Crippen molar-refractivity contribution in [1.82, 2.24) is 4.90 Å². The van der Waals surface area contributed by atoms with Crippen LogP contribution in [0.5, 0.6) is 0 Å². The minimum absolute atomic E-state index is 0.138. The van der Waals surface area contributed by atoms with Crippen LogP contribution in [0.15, 0.2) is 42.5 Å². The van der Waals surface area contributed by atoms with Gasteiger partial charge in [-0.05, 0) is 54.8 Å². The van der Waals surface area contributed by atoms with E-state index in [1.807, 2.05) is 23.1 Å². The van der Waals surface area contributed by atoms with Crippen molar-refractivity contribution in [2.24, 2.45) is 0 Å². The van der Waals surface area contributed by atoms with Gasteiger partial charge in [0.25, 0.3) is 0 Å². The second-order valence-corrected chi connectivity index (χ2v) is 8.27. The van der Waals surface area contributed by atoms with E-state index in [0.29, 0.717) is 13.0 Å². The van der Waals surface area contributed by atoms with Gasteiger partial charge in [0.1, 0.15) is 5.82 Å². The molecule has 2 aliphatic heterocycles. The third-order valence-corrected chi connectivity index (χ3v) is 6.36. The van der Waals surface area contributed by atoms with Gasteiger partial charge in [0.2, 0.25) is 5.91 Å². The fourth-order valence-corrected chi connectivity index (χ4v) is 4.68. The molecule has 2 aromatic rings. The molecule has 29 heavy (non-hydrogen) atoms. The standard InChI is InChI=1S/C23H27ClFN3O/c1-2-20(16-23(29)28-9-8-17-14-19(25)6-7-22(17)28)26-10-12-27(13-11-26)21-5-3-4-18(24)15-21/h3-7,14-15,20H,2,8-13,16H2,1H3. The first-order chi connectivity index (χ1) is 14.0. The quantitative estimate of drug-likeness (QED) is 0.726. The minimum Gasteiger partial charge on any atom is -0.369 e.